The molecule has 0 aliphatic heterocycles. The van der Waals surface area contributed by atoms with E-state index < -0.39 is 0 Å². The summed E-state index contributed by atoms with van der Waals surface area (Å²) in [5.41, 5.74) is 13.6. The van der Waals surface area contributed by atoms with E-state index in [9.17, 15) is 0 Å². The summed E-state index contributed by atoms with van der Waals surface area (Å²) in [5.74, 6) is 0. The molecule has 1 fully saturated rings. The van der Waals surface area contributed by atoms with Crippen LogP contribution in [0.2, 0.25) is 5.02 Å². The molecule has 0 bridgehead atoms. The van der Waals surface area contributed by atoms with E-state index in [2.05, 4.69) is 0 Å². The molecule has 1 aromatic rings. The predicted octanol–water partition coefficient (Wildman–Crippen LogP) is 2.65. The molecular weight excluding hydrogens is 196 g/mol. The lowest BCUT2D eigenvalue weighted by Crippen LogP contribution is -2.33. The van der Waals surface area contributed by atoms with E-state index in [1.54, 1.807) is 0 Å². The Balaban J connectivity index is 2.36. The van der Waals surface area contributed by atoms with Gasteiger partial charge < -0.3 is 11.5 Å². The number of rotatable bonds is 1. The maximum Gasteiger partial charge on any atom is 0.0635 e. The molecule has 2 nitrogen and oxygen atoms in total. The second kappa shape index (κ2) is 3.44. The van der Waals surface area contributed by atoms with Crippen LogP contribution in [0.4, 0.5) is 5.69 Å². The molecule has 0 radical (unpaired) electrons. The third-order valence-corrected chi connectivity index (χ3v) is 3.41. The Morgan fingerprint density at radius 3 is 2.43 bits per heavy atom. The molecule has 0 aromatic heterocycles. The summed E-state index contributed by atoms with van der Waals surface area (Å²) < 4.78 is 0. The van der Waals surface area contributed by atoms with E-state index in [1.165, 1.54) is 12.8 Å². The van der Waals surface area contributed by atoms with Crippen molar-refractivity contribution in [1.29, 1.82) is 0 Å². The second-order valence-corrected chi connectivity index (χ2v) is 4.51. The molecule has 0 unspecified atom stereocenters. The zero-order valence-electron chi connectivity index (χ0n) is 8.09. The van der Waals surface area contributed by atoms with Crippen LogP contribution >= 0.6 is 11.6 Å². The van der Waals surface area contributed by atoms with E-state index in [0.29, 0.717) is 10.7 Å². The zero-order valence-corrected chi connectivity index (χ0v) is 8.85. The van der Waals surface area contributed by atoms with Crippen molar-refractivity contribution in [3.8, 4) is 0 Å². The van der Waals surface area contributed by atoms with Crippen LogP contribution in [0.15, 0.2) is 18.2 Å². The quantitative estimate of drug-likeness (QED) is 0.701. The number of halogens is 1. The van der Waals surface area contributed by atoms with Crippen molar-refractivity contribution >= 4 is 17.3 Å². The molecule has 0 heterocycles. The highest BCUT2D eigenvalue weighted by molar-refractivity contribution is 6.33. The van der Waals surface area contributed by atoms with Crippen molar-refractivity contribution in [2.75, 3.05) is 5.73 Å². The second-order valence-electron chi connectivity index (χ2n) is 4.10. The van der Waals surface area contributed by atoms with Gasteiger partial charge in [0.05, 0.1) is 10.7 Å². The Morgan fingerprint density at radius 2 is 1.86 bits per heavy atom. The van der Waals surface area contributed by atoms with Gasteiger partial charge in [-0.2, -0.15) is 0 Å². The van der Waals surface area contributed by atoms with Crippen LogP contribution in [0.5, 0.6) is 0 Å². The van der Waals surface area contributed by atoms with Crippen LogP contribution in [0.25, 0.3) is 0 Å². The van der Waals surface area contributed by atoms with Crippen molar-refractivity contribution in [2.45, 2.75) is 31.2 Å². The van der Waals surface area contributed by atoms with Gasteiger partial charge in [-0.25, -0.2) is 0 Å². The molecule has 1 aliphatic rings. The van der Waals surface area contributed by atoms with E-state index in [4.69, 9.17) is 23.1 Å². The fourth-order valence-corrected chi connectivity index (χ4v) is 2.27. The first kappa shape index (κ1) is 9.81. The molecule has 0 amide bonds. The minimum absolute atomic E-state index is 0.168. The first-order valence-corrected chi connectivity index (χ1v) is 5.34. The molecule has 3 heteroatoms. The van der Waals surface area contributed by atoms with Gasteiger partial charge in [0.25, 0.3) is 0 Å². The lowest BCUT2D eigenvalue weighted by Gasteiger charge is -2.24. The average Bonchev–Trinajstić information content (AvgIpc) is 2.58. The Bertz CT molecular complexity index is 343. The average molecular weight is 211 g/mol. The number of hydrogen-bond acceptors (Lipinski definition) is 2. The molecule has 0 spiro atoms. The summed E-state index contributed by atoms with van der Waals surface area (Å²) in [4.78, 5) is 0. The Morgan fingerprint density at radius 1 is 1.21 bits per heavy atom. The molecule has 14 heavy (non-hydrogen) atoms. The van der Waals surface area contributed by atoms with Crippen LogP contribution < -0.4 is 11.5 Å². The SMILES string of the molecule is Nc1cc(C2(N)CCCC2)ccc1Cl. The summed E-state index contributed by atoms with van der Waals surface area (Å²) in [5, 5.41) is 0.607. The first-order valence-electron chi connectivity index (χ1n) is 4.96. The van der Waals surface area contributed by atoms with E-state index in [-0.39, 0.29) is 5.54 Å². The van der Waals surface area contributed by atoms with Gasteiger partial charge in [0, 0.05) is 5.54 Å². The number of anilines is 1. The van der Waals surface area contributed by atoms with Gasteiger partial charge in [0.15, 0.2) is 0 Å². The molecule has 2 rings (SSSR count). The number of benzene rings is 1. The summed E-state index contributed by atoms with van der Waals surface area (Å²) >= 11 is 5.87. The van der Waals surface area contributed by atoms with E-state index in [0.717, 1.165) is 18.4 Å². The topological polar surface area (TPSA) is 52.0 Å². The lowest BCUT2D eigenvalue weighted by atomic mass is 9.89. The summed E-state index contributed by atoms with van der Waals surface area (Å²) in [6.07, 6.45) is 4.51. The highest BCUT2D eigenvalue weighted by atomic mass is 35.5. The maximum absolute atomic E-state index is 6.30. The normalized spacial score (nSPS) is 19.9. The monoisotopic (exact) mass is 210 g/mol. The van der Waals surface area contributed by atoms with E-state index in [1.807, 2.05) is 18.2 Å². The van der Waals surface area contributed by atoms with Crippen LogP contribution in [-0.4, -0.2) is 0 Å². The Hall–Kier alpha value is -0.730. The fraction of sp³-hybridized carbons (Fsp3) is 0.455. The summed E-state index contributed by atoms with van der Waals surface area (Å²) in [7, 11) is 0. The molecule has 76 valence electrons. The molecule has 0 atom stereocenters. The van der Waals surface area contributed by atoms with Crippen molar-refractivity contribution < 1.29 is 0 Å². The third kappa shape index (κ3) is 1.60. The standard InChI is InChI=1S/C11H15ClN2/c12-9-4-3-8(7-10(9)13)11(14)5-1-2-6-11/h3-4,7H,1-2,5-6,13-14H2. The molecule has 4 N–H and O–H groups in total. The predicted molar refractivity (Wildman–Crippen MR) is 60.2 cm³/mol. The minimum Gasteiger partial charge on any atom is -0.398 e. The van der Waals surface area contributed by atoms with Gasteiger partial charge in [0.2, 0.25) is 0 Å². The molecule has 1 aromatic carbocycles. The van der Waals surface area contributed by atoms with Crippen molar-refractivity contribution in [3.63, 3.8) is 0 Å². The largest absolute Gasteiger partial charge is 0.398 e. The fourth-order valence-electron chi connectivity index (χ4n) is 2.15. The maximum atomic E-state index is 6.30. The van der Waals surface area contributed by atoms with Gasteiger partial charge in [-0.05, 0) is 30.5 Å². The first-order chi connectivity index (χ1) is 6.62. The summed E-state index contributed by atoms with van der Waals surface area (Å²) in [6, 6.07) is 5.73. The van der Waals surface area contributed by atoms with Gasteiger partial charge in [-0.3, -0.25) is 0 Å². The molecule has 1 saturated carbocycles. The molecule has 0 saturated heterocycles. The lowest BCUT2D eigenvalue weighted by molar-refractivity contribution is 0.462. The molecular formula is C11H15ClN2. The molecule has 1 aliphatic carbocycles. The van der Waals surface area contributed by atoms with Gasteiger partial charge >= 0.3 is 0 Å². The van der Waals surface area contributed by atoms with Crippen molar-refractivity contribution in [1.82, 2.24) is 0 Å². The summed E-state index contributed by atoms with van der Waals surface area (Å²) in [6.45, 7) is 0. The Kier molecular flexibility index (Phi) is 2.41. The Labute approximate surface area is 89.2 Å². The van der Waals surface area contributed by atoms with Gasteiger partial charge in [0.1, 0.15) is 0 Å². The van der Waals surface area contributed by atoms with Crippen LogP contribution in [-0.2, 0) is 5.54 Å². The number of hydrogen-bond donors (Lipinski definition) is 2. The van der Waals surface area contributed by atoms with Crippen LogP contribution in [0.3, 0.4) is 0 Å². The van der Waals surface area contributed by atoms with Crippen molar-refractivity contribution in [3.05, 3.63) is 28.8 Å². The van der Waals surface area contributed by atoms with Gasteiger partial charge in [-0.15, -0.1) is 0 Å². The smallest absolute Gasteiger partial charge is 0.0635 e. The minimum atomic E-state index is -0.168. The zero-order chi connectivity index (χ0) is 10.2. The van der Waals surface area contributed by atoms with Crippen molar-refractivity contribution in [2.24, 2.45) is 5.73 Å². The van der Waals surface area contributed by atoms with Gasteiger partial charge in [-0.1, -0.05) is 30.5 Å². The number of nitrogens with two attached hydrogens (primary N) is 2. The third-order valence-electron chi connectivity index (χ3n) is 3.07. The highest BCUT2D eigenvalue weighted by Gasteiger charge is 2.31. The van der Waals surface area contributed by atoms with Crippen LogP contribution in [0.1, 0.15) is 31.2 Å². The highest BCUT2D eigenvalue weighted by Crippen LogP contribution is 2.37. The van der Waals surface area contributed by atoms with E-state index >= 15 is 0 Å². The number of nitrogen functional groups attached to an aromatic ring is 1. The van der Waals surface area contributed by atoms with Crippen LogP contribution in [0, 0.1) is 0 Å².